The summed E-state index contributed by atoms with van der Waals surface area (Å²) in [6.45, 7) is 1.78. The lowest BCUT2D eigenvalue weighted by Gasteiger charge is -2.05. The third-order valence-corrected chi connectivity index (χ3v) is 2.51. The number of nitrogens with zero attached hydrogens (tertiary/aromatic N) is 2. The molecule has 0 saturated carbocycles. The third-order valence-electron chi connectivity index (χ3n) is 2.51. The molecular weight excluding hydrogens is 216 g/mol. The molecule has 0 spiro atoms. The monoisotopic (exact) mass is 228 g/mol. The van der Waals surface area contributed by atoms with Crippen molar-refractivity contribution >= 4 is 5.78 Å². The van der Waals surface area contributed by atoms with Crippen LogP contribution >= 0.6 is 0 Å². The summed E-state index contributed by atoms with van der Waals surface area (Å²) in [5.74, 6) is -0.120. The summed E-state index contributed by atoms with van der Waals surface area (Å²) >= 11 is 0. The normalized spacial score (nSPS) is 10.2. The molecule has 0 aliphatic heterocycles. The van der Waals surface area contributed by atoms with Gasteiger partial charge in [-0.3, -0.25) is 14.6 Å². The molecule has 0 radical (unpaired) electrons. The fraction of sp³-hybridized carbons (Fsp3) is 0.154. The number of carbonyl (C=O) groups excluding carboxylic acids is 1. The maximum absolute atomic E-state index is 11.9. The van der Waals surface area contributed by atoms with Crippen molar-refractivity contribution in [3.8, 4) is 0 Å². The lowest BCUT2D eigenvalue weighted by atomic mass is 10.2. The van der Waals surface area contributed by atoms with Gasteiger partial charge in [0.2, 0.25) is 0 Å². The third kappa shape index (κ3) is 2.47. The SMILES string of the molecule is Cc1cccn(CC(=O)c2cccnc2)c1=O. The Kier molecular flexibility index (Phi) is 3.14. The molecule has 4 heteroatoms. The molecule has 2 aromatic rings. The topological polar surface area (TPSA) is 52.0 Å². The molecular formula is C13H12N2O2. The van der Waals surface area contributed by atoms with Crippen molar-refractivity contribution in [2.45, 2.75) is 13.5 Å². The predicted octanol–water partition coefficient (Wildman–Crippen LogP) is 1.43. The zero-order chi connectivity index (χ0) is 12.3. The molecule has 2 heterocycles. The molecule has 0 N–H and O–H groups in total. The van der Waals surface area contributed by atoms with Crippen molar-refractivity contribution in [1.82, 2.24) is 9.55 Å². The van der Waals surface area contributed by atoms with Crippen LogP contribution in [-0.2, 0) is 6.54 Å². The molecule has 17 heavy (non-hydrogen) atoms. The van der Waals surface area contributed by atoms with Gasteiger partial charge in [-0.05, 0) is 25.1 Å². The van der Waals surface area contributed by atoms with Gasteiger partial charge in [-0.2, -0.15) is 0 Å². The smallest absolute Gasteiger partial charge is 0.253 e. The first-order chi connectivity index (χ1) is 8.18. The molecule has 0 aromatic carbocycles. The molecule has 0 unspecified atom stereocenters. The molecule has 0 fully saturated rings. The summed E-state index contributed by atoms with van der Waals surface area (Å²) in [5, 5.41) is 0. The Morgan fingerprint density at radius 2 is 2.18 bits per heavy atom. The van der Waals surface area contributed by atoms with E-state index in [2.05, 4.69) is 4.98 Å². The van der Waals surface area contributed by atoms with E-state index >= 15 is 0 Å². The first-order valence-electron chi connectivity index (χ1n) is 5.28. The van der Waals surface area contributed by atoms with E-state index < -0.39 is 0 Å². The van der Waals surface area contributed by atoms with Gasteiger partial charge in [-0.1, -0.05) is 6.07 Å². The Balaban J connectivity index is 2.25. The molecule has 0 aliphatic carbocycles. The molecule has 0 atom stereocenters. The van der Waals surface area contributed by atoms with Crippen LogP contribution in [0.3, 0.4) is 0 Å². The van der Waals surface area contributed by atoms with Crippen LogP contribution in [0.5, 0.6) is 0 Å². The lowest BCUT2D eigenvalue weighted by Crippen LogP contribution is -2.25. The standard InChI is InChI=1S/C13H12N2O2/c1-10-4-3-7-15(13(10)17)9-12(16)11-5-2-6-14-8-11/h2-8H,9H2,1H3. The van der Waals surface area contributed by atoms with Crippen LogP contribution < -0.4 is 5.56 Å². The minimum atomic E-state index is -0.134. The van der Waals surface area contributed by atoms with Crippen molar-refractivity contribution in [1.29, 1.82) is 0 Å². The predicted molar refractivity (Wildman–Crippen MR) is 64.0 cm³/mol. The van der Waals surface area contributed by atoms with Crippen LogP contribution in [0.2, 0.25) is 0 Å². The molecule has 86 valence electrons. The summed E-state index contributed by atoms with van der Waals surface area (Å²) in [6.07, 6.45) is 4.72. The minimum absolute atomic E-state index is 0.0478. The van der Waals surface area contributed by atoms with Gasteiger partial charge in [-0.25, -0.2) is 0 Å². The Morgan fingerprint density at radius 3 is 2.88 bits per heavy atom. The van der Waals surface area contributed by atoms with Gasteiger partial charge in [0.25, 0.3) is 5.56 Å². The van der Waals surface area contributed by atoms with E-state index in [1.54, 1.807) is 43.6 Å². The van der Waals surface area contributed by atoms with Crippen molar-refractivity contribution in [2.75, 3.05) is 0 Å². The molecule has 2 rings (SSSR count). The van der Waals surface area contributed by atoms with Crippen LogP contribution in [0.25, 0.3) is 0 Å². The first-order valence-corrected chi connectivity index (χ1v) is 5.28. The van der Waals surface area contributed by atoms with Crippen LogP contribution in [0.1, 0.15) is 15.9 Å². The maximum atomic E-state index is 11.9. The Bertz CT molecular complexity index is 588. The van der Waals surface area contributed by atoms with E-state index in [-0.39, 0.29) is 17.9 Å². The number of aromatic nitrogens is 2. The summed E-state index contributed by atoms with van der Waals surface area (Å²) in [5.41, 5.74) is 1.01. The van der Waals surface area contributed by atoms with Crippen molar-refractivity contribution in [3.63, 3.8) is 0 Å². The summed E-state index contributed by atoms with van der Waals surface area (Å²) in [4.78, 5) is 27.5. The quantitative estimate of drug-likeness (QED) is 0.747. The fourth-order valence-electron chi connectivity index (χ4n) is 1.55. The van der Waals surface area contributed by atoms with Gasteiger partial charge in [-0.15, -0.1) is 0 Å². The van der Waals surface area contributed by atoms with E-state index in [1.807, 2.05) is 0 Å². The average molecular weight is 228 g/mol. The Labute approximate surface area is 98.6 Å². The van der Waals surface area contributed by atoms with E-state index in [1.165, 1.54) is 10.8 Å². The van der Waals surface area contributed by atoms with Gasteiger partial charge in [0, 0.05) is 29.7 Å². The van der Waals surface area contributed by atoms with Crippen LogP contribution in [0.4, 0.5) is 0 Å². The number of pyridine rings is 2. The zero-order valence-corrected chi connectivity index (χ0v) is 9.46. The summed E-state index contributed by atoms with van der Waals surface area (Å²) in [6, 6.07) is 6.88. The van der Waals surface area contributed by atoms with Gasteiger partial charge < -0.3 is 4.57 Å². The van der Waals surface area contributed by atoms with E-state index in [4.69, 9.17) is 0 Å². The van der Waals surface area contributed by atoms with Gasteiger partial charge >= 0.3 is 0 Å². The highest BCUT2D eigenvalue weighted by atomic mass is 16.1. The van der Waals surface area contributed by atoms with Gasteiger partial charge in [0.15, 0.2) is 5.78 Å². The van der Waals surface area contributed by atoms with E-state index in [0.29, 0.717) is 11.1 Å². The molecule has 2 aromatic heterocycles. The molecule has 0 amide bonds. The molecule has 4 nitrogen and oxygen atoms in total. The fourth-order valence-corrected chi connectivity index (χ4v) is 1.55. The van der Waals surface area contributed by atoms with Crippen LogP contribution in [-0.4, -0.2) is 15.3 Å². The van der Waals surface area contributed by atoms with Gasteiger partial charge in [0.1, 0.15) is 0 Å². The first kappa shape index (κ1) is 11.3. The van der Waals surface area contributed by atoms with Crippen molar-refractivity contribution in [2.24, 2.45) is 0 Å². The van der Waals surface area contributed by atoms with Crippen LogP contribution in [0.15, 0.2) is 47.7 Å². The number of hydrogen-bond donors (Lipinski definition) is 0. The largest absolute Gasteiger partial charge is 0.308 e. The lowest BCUT2D eigenvalue weighted by molar-refractivity contribution is 0.0970. The van der Waals surface area contributed by atoms with E-state index in [0.717, 1.165) is 0 Å². The summed E-state index contributed by atoms with van der Waals surface area (Å²) < 4.78 is 1.41. The molecule has 0 saturated heterocycles. The maximum Gasteiger partial charge on any atom is 0.253 e. The van der Waals surface area contributed by atoms with Crippen molar-refractivity contribution in [3.05, 3.63) is 64.3 Å². The number of ketones is 1. The van der Waals surface area contributed by atoms with E-state index in [9.17, 15) is 9.59 Å². The Hall–Kier alpha value is -2.23. The highest BCUT2D eigenvalue weighted by Gasteiger charge is 2.07. The second kappa shape index (κ2) is 4.74. The van der Waals surface area contributed by atoms with Gasteiger partial charge in [0.05, 0.1) is 6.54 Å². The second-order valence-corrected chi connectivity index (χ2v) is 3.79. The second-order valence-electron chi connectivity index (χ2n) is 3.79. The molecule has 0 aliphatic rings. The number of Topliss-reactive ketones (excluding diaryl/α,β-unsaturated/α-hetero) is 1. The minimum Gasteiger partial charge on any atom is -0.308 e. The Morgan fingerprint density at radius 1 is 1.35 bits per heavy atom. The van der Waals surface area contributed by atoms with Crippen molar-refractivity contribution < 1.29 is 4.79 Å². The number of aryl methyl sites for hydroxylation is 1. The number of hydrogen-bond acceptors (Lipinski definition) is 3. The van der Waals surface area contributed by atoms with Crippen LogP contribution in [0, 0.1) is 6.92 Å². The number of carbonyl (C=O) groups is 1. The average Bonchev–Trinajstić information content (AvgIpc) is 2.36. The zero-order valence-electron chi connectivity index (χ0n) is 9.46. The summed E-state index contributed by atoms with van der Waals surface area (Å²) in [7, 11) is 0. The highest BCUT2D eigenvalue weighted by Crippen LogP contribution is 1.99. The molecule has 0 bridgehead atoms. The number of rotatable bonds is 3. The highest BCUT2D eigenvalue weighted by molar-refractivity contribution is 5.95.